The lowest BCUT2D eigenvalue weighted by Crippen LogP contribution is -2.17. The number of thioether (sulfide) groups is 2. The van der Waals surface area contributed by atoms with Gasteiger partial charge in [0, 0.05) is 5.75 Å². The molecule has 1 aliphatic carbocycles. The SMILES string of the molecule is CCOC(=O)c1c(C2CC2)csc1NC(=O)CSC1=NCCS1. The lowest BCUT2D eigenvalue weighted by Gasteiger charge is -2.08. The van der Waals surface area contributed by atoms with Crippen molar-refractivity contribution >= 4 is 56.1 Å². The van der Waals surface area contributed by atoms with E-state index in [0.29, 0.717) is 28.8 Å². The van der Waals surface area contributed by atoms with Crippen molar-refractivity contribution in [3.05, 3.63) is 16.5 Å². The molecule has 1 aromatic rings. The summed E-state index contributed by atoms with van der Waals surface area (Å²) in [6.45, 7) is 2.95. The Hall–Kier alpha value is -0.990. The molecule has 2 aliphatic rings. The molecule has 1 N–H and O–H groups in total. The highest BCUT2D eigenvalue weighted by Crippen LogP contribution is 2.46. The number of hydrogen-bond donors (Lipinski definition) is 1. The molecular weight excluding hydrogens is 352 g/mol. The van der Waals surface area contributed by atoms with Gasteiger partial charge in [-0.15, -0.1) is 11.3 Å². The summed E-state index contributed by atoms with van der Waals surface area (Å²) in [5, 5.41) is 5.45. The number of nitrogens with one attached hydrogen (secondary N) is 1. The summed E-state index contributed by atoms with van der Waals surface area (Å²) >= 11 is 4.54. The number of carbonyl (C=O) groups is 2. The van der Waals surface area contributed by atoms with Gasteiger partial charge in [-0.3, -0.25) is 9.79 Å². The van der Waals surface area contributed by atoms with Gasteiger partial charge >= 0.3 is 5.97 Å². The number of carbonyl (C=O) groups excluding carboxylic acids is 2. The molecule has 8 heteroatoms. The minimum absolute atomic E-state index is 0.111. The molecule has 1 aromatic heterocycles. The molecule has 0 atom stereocenters. The van der Waals surface area contributed by atoms with Crippen LogP contribution < -0.4 is 5.32 Å². The molecule has 0 bridgehead atoms. The molecule has 0 saturated heterocycles. The standard InChI is InChI=1S/C15H18N2O3S3/c1-2-20-14(19)12-10(9-3-4-9)7-22-13(12)17-11(18)8-23-15-16-5-6-21-15/h7,9H,2-6,8H2,1H3,(H,17,18). The third kappa shape index (κ3) is 4.30. The molecule has 1 fully saturated rings. The second-order valence-electron chi connectivity index (χ2n) is 5.22. The quantitative estimate of drug-likeness (QED) is 0.775. The summed E-state index contributed by atoms with van der Waals surface area (Å²) in [5.41, 5.74) is 1.57. The van der Waals surface area contributed by atoms with Crippen LogP contribution in [-0.4, -0.2) is 40.9 Å². The van der Waals surface area contributed by atoms with E-state index in [1.807, 2.05) is 5.38 Å². The van der Waals surface area contributed by atoms with Gasteiger partial charge in [-0.2, -0.15) is 0 Å². The number of amides is 1. The maximum atomic E-state index is 12.2. The van der Waals surface area contributed by atoms with Crippen molar-refractivity contribution in [2.24, 2.45) is 4.99 Å². The van der Waals surface area contributed by atoms with Crippen LogP contribution in [0.1, 0.15) is 41.6 Å². The lowest BCUT2D eigenvalue weighted by atomic mass is 10.1. The van der Waals surface area contributed by atoms with E-state index in [9.17, 15) is 9.59 Å². The van der Waals surface area contributed by atoms with Crippen LogP contribution in [0.3, 0.4) is 0 Å². The summed E-state index contributed by atoms with van der Waals surface area (Å²) < 4.78 is 6.13. The van der Waals surface area contributed by atoms with Gasteiger partial charge in [-0.05, 0) is 36.6 Å². The zero-order valence-corrected chi connectivity index (χ0v) is 15.2. The summed E-state index contributed by atoms with van der Waals surface area (Å²) in [4.78, 5) is 28.7. The summed E-state index contributed by atoms with van der Waals surface area (Å²) in [6, 6.07) is 0. The highest BCUT2D eigenvalue weighted by atomic mass is 32.2. The number of aliphatic imine (C=N–C) groups is 1. The zero-order chi connectivity index (χ0) is 16.2. The van der Waals surface area contributed by atoms with Crippen molar-refractivity contribution in [3.8, 4) is 0 Å². The maximum Gasteiger partial charge on any atom is 0.341 e. The second-order valence-corrected chi connectivity index (χ2v) is 8.41. The van der Waals surface area contributed by atoms with E-state index in [1.165, 1.54) is 23.1 Å². The molecular formula is C15H18N2O3S3. The van der Waals surface area contributed by atoms with Crippen LogP contribution in [0.15, 0.2) is 10.4 Å². The molecule has 124 valence electrons. The van der Waals surface area contributed by atoms with Crippen molar-refractivity contribution < 1.29 is 14.3 Å². The first kappa shape index (κ1) is 16.9. The number of ether oxygens (including phenoxy) is 1. The number of hydrogen-bond acceptors (Lipinski definition) is 7. The highest BCUT2D eigenvalue weighted by Gasteiger charge is 2.32. The van der Waals surface area contributed by atoms with Gasteiger partial charge in [0.25, 0.3) is 0 Å². The average molecular weight is 371 g/mol. The predicted octanol–water partition coefficient (Wildman–Crippen LogP) is 3.58. The summed E-state index contributed by atoms with van der Waals surface area (Å²) in [5.74, 6) is 1.29. The van der Waals surface area contributed by atoms with Crippen molar-refractivity contribution in [1.29, 1.82) is 0 Å². The fourth-order valence-corrected chi connectivity index (χ4v) is 5.12. The Kier molecular flexibility index (Phi) is 5.66. The van der Waals surface area contributed by atoms with E-state index in [1.54, 1.807) is 18.7 Å². The van der Waals surface area contributed by atoms with Crippen LogP contribution in [0.4, 0.5) is 5.00 Å². The van der Waals surface area contributed by atoms with Crippen molar-refractivity contribution in [2.75, 3.05) is 30.0 Å². The van der Waals surface area contributed by atoms with Crippen LogP contribution in [0.2, 0.25) is 0 Å². The number of thiophene rings is 1. The molecule has 0 spiro atoms. The third-order valence-electron chi connectivity index (χ3n) is 3.45. The molecule has 5 nitrogen and oxygen atoms in total. The number of nitrogens with zero attached hydrogens (tertiary/aromatic N) is 1. The Morgan fingerprint density at radius 2 is 2.30 bits per heavy atom. The largest absolute Gasteiger partial charge is 0.462 e. The summed E-state index contributed by atoms with van der Waals surface area (Å²) in [7, 11) is 0. The van der Waals surface area contributed by atoms with Crippen LogP contribution in [0, 0.1) is 0 Å². The van der Waals surface area contributed by atoms with Crippen LogP contribution in [0.25, 0.3) is 0 Å². The Morgan fingerprint density at radius 1 is 1.48 bits per heavy atom. The minimum Gasteiger partial charge on any atom is -0.462 e. The molecule has 0 unspecified atom stereocenters. The van der Waals surface area contributed by atoms with E-state index in [4.69, 9.17) is 4.74 Å². The molecule has 0 radical (unpaired) electrons. The third-order valence-corrected chi connectivity index (χ3v) is 6.62. The van der Waals surface area contributed by atoms with E-state index >= 15 is 0 Å². The van der Waals surface area contributed by atoms with Gasteiger partial charge in [0.2, 0.25) is 5.91 Å². The Morgan fingerprint density at radius 3 is 2.96 bits per heavy atom. The van der Waals surface area contributed by atoms with Gasteiger partial charge in [0.15, 0.2) is 0 Å². The lowest BCUT2D eigenvalue weighted by molar-refractivity contribution is -0.113. The summed E-state index contributed by atoms with van der Waals surface area (Å²) in [6.07, 6.45) is 2.20. The van der Waals surface area contributed by atoms with Crippen LogP contribution in [0.5, 0.6) is 0 Å². The monoisotopic (exact) mass is 370 g/mol. The van der Waals surface area contributed by atoms with Gasteiger partial charge in [0.05, 0.1) is 24.5 Å². The first-order valence-electron chi connectivity index (χ1n) is 7.57. The molecule has 3 rings (SSSR count). The number of rotatable bonds is 6. The molecule has 0 aromatic carbocycles. The van der Waals surface area contributed by atoms with E-state index in [-0.39, 0.29) is 11.9 Å². The molecule has 2 heterocycles. The normalized spacial score (nSPS) is 17.0. The van der Waals surface area contributed by atoms with E-state index in [2.05, 4.69) is 10.3 Å². The van der Waals surface area contributed by atoms with Crippen molar-refractivity contribution in [3.63, 3.8) is 0 Å². The fourth-order valence-electron chi connectivity index (χ4n) is 2.26. The van der Waals surface area contributed by atoms with Crippen molar-refractivity contribution in [1.82, 2.24) is 0 Å². The number of anilines is 1. The van der Waals surface area contributed by atoms with Crippen LogP contribution in [-0.2, 0) is 9.53 Å². The topological polar surface area (TPSA) is 67.8 Å². The van der Waals surface area contributed by atoms with E-state index in [0.717, 1.165) is 35.1 Å². The Labute approximate surface area is 147 Å². The fraction of sp³-hybridized carbons (Fsp3) is 0.533. The van der Waals surface area contributed by atoms with E-state index < -0.39 is 0 Å². The van der Waals surface area contributed by atoms with Gasteiger partial charge < -0.3 is 10.1 Å². The zero-order valence-electron chi connectivity index (χ0n) is 12.8. The molecule has 23 heavy (non-hydrogen) atoms. The average Bonchev–Trinajstić information content (AvgIpc) is 3.08. The number of esters is 1. The Balaban J connectivity index is 1.66. The molecule has 1 saturated carbocycles. The second kappa shape index (κ2) is 7.72. The highest BCUT2D eigenvalue weighted by molar-refractivity contribution is 8.39. The van der Waals surface area contributed by atoms with Crippen molar-refractivity contribution in [2.45, 2.75) is 25.7 Å². The molecule has 1 amide bonds. The predicted molar refractivity (Wildman–Crippen MR) is 98.1 cm³/mol. The minimum atomic E-state index is -0.339. The maximum absolute atomic E-state index is 12.2. The Bertz CT molecular complexity index is 638. The van der Waals surface area contributed by atoms with Gasteiger partial charge in [0.1, 0.15) is 9.38 Å². The van der Waals surface area contributed by atoms with Crippen LogP contribution >= 0.6 is 34.9 Å². The first-order chi connectivity index (χ1) is 11.2. The smallest absolute Gasteiger partial charge is 0.341 e. The molecule has 1 aliphatic heterocycles. The van der Waals surface area contributed by atoms with Gasteiger partial charge in [-0.1, -0.05) is 23.5 Å². The van der Waals surface area contributed by atoms with Gasteiger partial charge in [-0.25, -0.2) is 4.79 Å². The first-order valence-corrected chi connectivity index (χ1v) is 10.4.